The molecule has 2 amide bonds. The lowest BCUT2D eigenvalue weighted by atomic mass is 10.0. The Kier molecular flexibility index (Phi) is 6.86. The summed E-state index contributed by atoms with van der Waals surface area (Å²) in [5.41, 5.74) is 3.84. The van der Waals surface area contributed by atoms with Gasteiger partial charge in [0.25, 0.3) is 0 Å². The van der Waals surface area contributed by atoms with Gasteiger partial charge in [0, 0.05) is 43.9 Å². The predicted octanol–water partition coefficient (Wildman–Crippen LogP) is 5.35. The molecule has 0 saturated heterocycles. The lowest BCUT2D eigenvalue weighted by molar-refractivity contribution is -0.116. The molecule has 0 aliphatic heterocycles. The standard InChI is InChI=1S/C27H31N3O2/c1-3-20-11-12-23(28-19(2)31)17-26(20)29-27(32)15-16-30(24-13-14-24)18-22-9-6-8-21-7-4-5-10-25(21)22/h4-12,17,24H,3,13-16,18H2,1-2H3,(H,28,31)(H,29,32). The molecule has 2 N–H and O–H groups in total. The number of nitrogens with zero attached hydrogens (tertiary/aromatic N) is 1. The molecule has 4 rings (SSSR count). The zero-order valence-corrected chi connectivity index (χ0v) is 18.9. The maximum atomic E-state index is 12.8. The van der Waals surface area contributed by atoms with E-state index in [-0.39, 0.29) is 11.8 Å². The van der Waals surface area contributed by atoms with Crippen LogP contribution in [0.5, 0.6) is 0 Å². The average Bonchev–Trinajstić information content (AvgIpc) is 3.62. The molecule has 5 nitrogen and oxygen atoms in total. The minimum absolute atomic E-state index is 0.00300. The molecule has 5 heteroatoms. The lowest BCUT2D eigenvalue weighted by Gasteiger charge is -2.23. The largest absolute Gasteiger partial charge is 0.326 e. The molecule has 0 atom stereocenters. The first-order valence-corrected chi connectivity index (χ1v) is 11.4. The average molecular weight is 430 g/mol. The van der Waals surface area contributed by atoms with Crippen LogP contribution in [-0.4, -0.2) is 29.3 Å². The second-order valence-electron chi connectivity index (χ2n) is 8.54. The molecule has 0 heterocycles. The maximum Gasteiger partial charge on any atom is 0.225 e. The van der Waals surface area contributed by atoms with Gasteiger partial charge in [-0.05, 0) is 53.3 Å². The molecule has 3 aromatic rings. The van der Waals surface area contributed by atoms with Crippen molar-refractivity contribution in [3.05, 3.63) is 71.8 Å². The SMILES string of the molecule is CCc1ccc(NC(C)=O)cc1NC(=O)CCN(Cc1cccc2ccccc12)C1CC1. The van der Waals surface area contributed by atoms with Crippen molar-refractivity contribution in [2.24, 2.45) is 0 Å². The zero-order chi connectivity index (χ0) is 22.5. The summed E-state index contributed by atoms with van der Waals surface area (Å²) in [6.45, 7) is 5.13. The fourth-order valence-electron chi connectivity index (χ4n) is 4.22. The smallest absolute Gasteiger partial charge is 0.225 e. The van der Waals surface area contributed by atoms with Crippen molar-refractivity contribution >= 4 is 34.0 Å². The van der Waals surface area contributed by atoms with Crippen molar-refractivity contribution in [3.8, 4) is 0 Å². The summed E-state index contributed by atoms with van der Waals surface area (Å²) >= 11 is 0. The number of benzene rings is 3. The first-order valence-electron chi connectivity index (χ1n) is 11.4. The number of carbonyl (C=O) groups is 2. The van der Waals surface area contributed by atoms with Gasteiger partial charge in [-0.2, -0.15) is 0 Å². The molecule has 0 bridgehead atoms. The molecule has 1 fully saturated rings. The van der Waals surface area contributed by atoms with Gasteiger partial charge in [0.2, 0.25) is 11.8 Å². The van der Waals surface area contributed by atoms with Crippen molar-refractivity contribution in [1.29, 1.82) is 0 Å². The third-order valence-corrected chi connectivity index (χ3v) is 6.03. The van der Waals surface area contributed by atoms with Crippen molar-refractivity contribution in [1.82, 2.24) is 4.90 Å². The Morgan fingerprint density at radius 3 is 2.50 bits per heavy atom. The Labute approximate surface area is 189 Å². The van der Waals surface area contributed by atoms with E-state index in [1.807, 2.05) is 18.2 Å². The number of aryl methyl sites for hydroxylation is 1. The maximum absolute atomic E-state index is 12.8. The highest BCUT2D eigenvalue weighted by Gasteiger charge is 2.29. The van der Waals surface area contributed by atoms with Crippen LogP contribution in [0, 0.1) is 0 Å². The van der Waals surface area contributed by atoms with Gasteiger partial charge in [-0.15, -0.1) is 0 Å². The number of amides is 2. The Bertz CT molecular complexity index is 1120. The minimum Gasteiger partial charge on any atom is -0.326 e. The summed E-state index contributed by atoms with van der Waals surface area (Å²) < 4.78 is 0. The summed E-state index contributed by atoms with van der Waals surface area (Å²) in [6, 6.07) is 21.2. The topological polar surface area (TPSA) is 61.4 Å². The summed E-state index contributed by atoms with van der Waals surface area (Å²) in [7, 11) is 0. The minimum atomic E-state index is -0.125. The van der Waals surface area contributed by atoms with E-state index in [9.17, 15) is 9.59 Å². The summed E-state index contributed by atoms with van der Waals surface area (Å²) in [6.07, 6.45) is 3.65. The summed E-state index contributed by atoms with van der Waals surface area (Å²) in [4.78, 5) is 26.6. The van der Waals surface area contributed by atoms with Crippen LogP contribution >= 0.6 is 0 Å². The Balaban J connectivity index is 1.41. The molecule has 0 unspecified atom stereocenters. The fourth-order valence-corrected chi connectivity index (χ4v) is 4.22. The lowest BCUT2D eigenvalue weighted by Crippen LogP contribution is -2.29. The highest BCUT2D eigenvalue weighted by Crippen LogP contribution is 2.30. The normalized spacial score (nSPS) is 13.3. The van der Waals surface area contributed by atoms with Gasteiger partial charge >= 0.3 is 0 Å². The van der Waals surface area contributed by atoms with E-state index >= 15 is 0 Å². The zero-order valence-electron chi connectivity index (χ0n) is 18.9. The predicted molar refractivity (Wildman–Crippen MR) is 131 cm³/mol. The molecule has 0 spiro atoms. The third kappa shape index (κ3) is 5.54. The molecule has 1 aliphatic rings. The Morgan fingerprint density at radius 1 is 0.969 bits per heavy atom. The van der Waals surface area contributed by atoms with Crippen LogP contribution in [-0.2, 0) is 22.6 Å². The van der Waals surface area contributed by atoms with Crippen LogP contribution in [0.15, 0.2) is 60.7 Å². The van der Waals surface area contributed by atoms with E-state index < -0.39 is 0 Å². The molecule has 166 valence electrons. The number of anilines is 2. The van der Waals surface area contributed by atoms with Crippen LogP contribution in [0.2, 0.25) is 0 Å². The number of carbonyl (C=O) groups excluding carboxylic acids is 2. The molecule has 1 aliphatic carbocycles. The van der Waals surface area contributed by atoms with Crippen LogP contribution in [0.3, 0.4) is 0 Å². The number of rotatable bonds is 9. The van der Waals surface area contributed by atoms with Crippen LogP contribution in [0.4, 0.5) is 11.4 Å². The van der Waals surface area contributed by atoms with Gasteiger partial charge in [-0.1, -0.05) is 55.5 Å². The number of hydrogen-bond donors (Lipinski definition) is 2. The number of hydrogen-bond acceptors (Lipinski definition) is 3. The Morgan fingerprint density at radius 2 is 1.75 bits per heavy atom. The van der Waals surface area contributed by atoms with Crippen molar-refractivity contribution < 1.29 is 9.59 Å². The van der Waals surface area contributed by atoms with Gasteiger partial charge in [0.15, 0.2) is 0 Å². The van der Waals surface area contributed by atoms with Crippen molar-refractivity contribution in [2.75, 3.05) is 17.2 Å². The second-order valence-corrected chi connectivity index (χ2v) is 8.54. The van der Waals surface area contributed by atoms with E-state index in [1.165, 1.54) is 36.1 Å². The molecule has 32 heavy (non-hydrogen) atoms. The van der Waals surface area contributed by atoms with Crippen LogP contribution in [0.1, 0.15) is 44.2 Å². The molecule has 1 saturated carbocycles. The van der Waals surface area contributed by atoms with E-state index in [0.29, 0.717) is 18.2 Å². The van der Waals surface area contributed by atoms with E-state index in [2.05, 4.69) is 64.9 Å². The Hall–Kier alpha value is -3.18. The van der Waals surface area contributed by atoms with Gasteiger partial charge in [0.1, 0.15) is 0 Å². The molecule has 0 radical (unpaired) electrons. The summed E-state index contributed by atoms with van der Waals surface area (Å²) in [5.74, 6) is -0.122. The van der Waals surface area contributed by atoms with Gasteiger partial charge in [-0.3, -0.25) is 14.5 Å². The first kappa shape index (κ1) is 22.0. The summed E-state index contributed by atoms with van der Waals surface area (Å²) in [5, 5.41) is 8.39. The van der Waals surface area contributed by atoms with E-state index in [1.54, 1.807) is 0 Å². The van der Waals surface area contributed by atoms with Crippen LogP contribution in [0.25, 0.3) is 10.8 Å². The number of fused-ring (bicyclic) bond motifs is 1. The fraction of sp³-hybridized carbons (Fsp3) is 0.333. The monoisotopic (exact) mass is 429 g/mol. The molecular formula is C27H31N3O2. The van der Waals surface area contributed by atoms with Gasteiger partial charge in [-0.25, -0.2) is 0 Å². The highest BCUT2D eigenvalue weighted by molar-refractivity contribution is 5.94. The second kappa shape index (κ2) is 9.96. The van der Waals surface area contributed by atoms with Crippen molar-refractivity contribution in [2.45, 2.75) is 52.1 Å². The van der Waals surface area contributed by atoms with Gasteiger partial charge in [0.05, 0.1) is 0 Å². The van der Waals surface area contributed by atoms with Gasteiger partial charge < -0.3 is 10.6 Å². The quantitative estimate of drug-likeness (QED) is 0.482. The first-order chi connectivity index (χ1) is 15.5. The molecule has 3 aromatic carbocycles. The van der Waals surface area contributed by atoms with Crippen LogP contribution < -0.4 is 10.6 Å². The molecule has 0 aromatic heterocycles. The third-order valence-electron chi connectivity index (χ3n) is 6.03. The van der Waals surface area contributed by atoms with E-state index in [4.69, 9.17) is 0 Å². The number of nitrogens with one attached hydrogen (secondary N) is 2. The van der Waals surface area contributed by atoms with E-state index in [0.717, 1.165) is 30.8 Å². The molecular weight excluding hydrogens is 398 g/mol. The highest BCUT2D eigenvalue weighted by atomic mass is 16.2. The van der Waals surface area contributed by atoms with Crippen molar-refractivity contribution in [3.63, 3.8) is 0 Å².